The first-order valence-corrected chi connectivity index (χ1v) is 12.0. The number of hydrogen-bond acceptors (Lipinski definition) is 7. The maximum atomic E-state index is 13.0. The molecule has 0 radical (unpaired) electrons. The zero-order valence-corrected chi connectivity index (χ0v) is 20.6. The lowest BCUT2D eigenvalue weighted by atomic mass is 10.1. The molecular formula is C28H25NO5S. The number of nitrogens with zero attached hydrogens (tertiary/aromatic N) is 1. The van der Waals surface area contributed by atoms with Crippen LogP contribution in [0.25, 0.3) is 11.0 Å². The lowest BCUT2D eigenvalue weighted by molar-refractivity contribution is -0.140. The van der Waals surface area contributed by atoms with Crippen molar-refractivity contribution in [1.29, 1.82) is 0 Å². The van der Waals surface area contributed by atoms with Gasteiger partial charge in [-0.1, -0.05) is 54.5 Å². The molecule has 0 saturated heterocycles. The average molecular weight is 488 g/mol. The van der Waals surface area contributed by atoms with Gasteiger partial charge in [-0.25, -0.2) is 4.79 Å². The molecule has 0 aliphatic rings. The van der Waals surface area contributed by atoms with E-state index in [1.165, 1.54) is 6.92 Å². The van der Waals surface area contributed by atoms with E-state index < -0.39 is 5.97 Å². The number of furan rings is 1. The molecule has 1 aromatic heterocycles. The van der Waals surface area contributed by atoms with Crippen molar-refractivity contribution >= 4 is 40.2 Å². The number of para-hydroxylation sites is 1. The van der Waals surface area contributed by atoms with Crippen LogP contribution in [-0.4, -0.2) is 24.6 Å². The van der Waals surface area contributed by atoms with Crippen LogP contribution in [0.4, 0.5) is 0 Å². The normalized spacial score (nSPS) is 11.5. The van der Waals surface area contributed by atoms with Crippen molar-refractivity contribution in [3.05, 3.63) is 89.7 Å². The van der Waals surface area contributed by atoms with E-state index in [4.69, 9.17) is 14.0 Å². The van der Waals surface area contributed by atoms with E-state index in [0.717, 1.165) is 32.9 Å². The summed E-state index contributed by atoms with van der Waals surface area (Å²) in [6.45, 7) is 3.38. The summed E-state index contributed by atoms with van der Waals surface area (Å²) < 4.78 is 11.1. The van der Waals surface area contributed by atoms with Crippen LogP contribution in [0.3, 0.4) is 0 Å². The number of methoxy groups -OCH3 is 1. The number of benzene rings is 3. The van der Waals surface area contributed by atoms with Gasteiger partial charge in [0.05, 0.1) is 12.8 Å². The number of oxime groups is 1. The molecule has 0 atom stereocenters. The van der Waals surface area contributed by atoms with Gasteiger partial charge in [-0.3, -0.25) is 4.79 Å². The third-order valence-electron chi connectivity index (χ3n) is 5.26. The monoisotopic (exact) mass is 487 g/mol. The van der Waals surface area contributed by atoms with Gasteiger partial charge in [0, 0.05) is 27.7 Å². The molecule has 0 spiro atoms. The Bertz CT molecular complexity index is 1370. The van der Waals surface area contributed by atoms with E-state index >= 15 is 0 Å². The molecule has 4 rings (SSSR count). The van der Waals surface area contributed by atoms with Crippen LogP contribution in [0.1, 0.15) is 48.4 Å². The van der Waals surface area contributed by atoms with Crippen LogP contribution >= 0.6 is 11.8 Å². The first-order chi connectivity index (χ1) is 17.0. The van der Waals surface area contributed by atoms with Gasteiger partial charge in [0.25, 0.3) is 0 Å². The van der Waals surface area contributed by atoms with Crippen LogP contribution in [0.15, 0.2) is 92.2 Å². The molecular weight excluding hydrogens is 462 g/mol. The quantitative estimate of drug-likeness (QED) is 0.111. The summed E-state index contributed by atoms with van der Waals surface area (Å²) >= 11 is 1.59. The molecule has 35 heavy (non-hydrogen) atoms. The van der Waals surface area contributed by atoms with Crippen molar-refractivity contribution in [2.45, 2.75) is 36.5 Å². The first kappa shape index (κ1) is 24.3. The molecule has 0 saturated carbocycles. The number of ketones is 1. The Morgan fingerprint density at radius 3 is 2.20 bits per heavy atom. The highest BCUT2D eigenvalue weighted by Gasteiger charge is 2.16. The number of ether oxygens (including phenoxy) is 1. The van der Waals surface area contributed by atoms with E-state index in [2.05, 4.69) is 5.16 Å². The molecule has 7 heteroatoms. The molecule has 178 valence electrons. The summed E-state index contributed by atoms with van der Waals surface area (Å²) in [7, 11) is 1.57. The van der Waals surface area contributed by atoms with Crippen molar-refractivity contribution in [3.8, 4) is 5.75 Å². The molecule has 0 fully saturated rings. The fourth-order valence-corrected chi connectivity index (χ4v) is 4.39. The molecule has 0 unspecified atom stereocenters. The van der Waals surface area contributed by atoms with Gasteiger partial charge in [0.15, 0.2) is 17.1 Å². The second-order valence-electron chi connectivity index (χ2n) is 7.84. The minimum Gasteiger partial charge on any atom is -0.493 e. The Labute approximate surface area is 207 Å². The van der Waals surface area contributed by atoms with Crippen molar-refractivity contribution in [1.82, 2.24) is 0 Å². The Balaban J connectivity index is 1.46. The maximum Gasteiger partial charge on any atom is 0.331 e. The van der Waals surface area contributed by atoms with E-state index in [0.29, 0.717) is 23.3 Å². The molecule has 0 N–H and O–H groups in total. The van der Waals surface area contributed by atoms with E-state index in [9.17, 15) is 9.59 Å². The number of rotatable bonds is 9. The minimum absolute atomic E-state index is 0.181. The standard InChI is InChI=1S/C28H25NO5S/c1-4-6-24(29-34-18(2)30)19-9-13-22(14-10-19)35-23-15-11-20(12-16-23)27(31)26-17-21-7-5-8-25(32-3)28(21)33-26/h5,7-17H,4,6H2,1-3H3/b29-24-. The van der Waals surface area contributed by atoms with Crippen LogP contribution in [0.5, 0.6) is 5.75 Å². The topological polar surface area (TPSA) is 78.1 Å². The van der Waals surface area contributed by atoms with Gasteiger partial charge in [-0.15, -0.1) is 0 Å². The predicted octanol–water partition coefficient (Wildman–Crippen LogP) is 6.89. The Morgan fingerprint density at radius 1 is 0.943 bits per heavy atom. The molecule has 0 bridgehead atoms. The largest absolute Gasteiger partial charge is 0.493 e. The average Bonchev–Trinajstić information content (AvgIpc) is 3.32. The maximum absolute atomic E-state index is 13.0. The van der Waals surface area contributed by atoms with Gasteiger partial charge in [-0.05, 0) is 60.5 Å². The van der Waals surface area contributed by atoms with E-state index in [1.54, 1.807) is 43.1 Å². The minimum atomic E-state index is -0.437. The molecule has 4 aromatic rings. The van der Waals surface area contributed by atoms with Crippen molar-refractivity contribution in [3.63, 3.8) is 0 Å². The van der Waals surface area contributed by atoms with Gasteiger partial charge in [0.2, 0.25) is 5.78 Å². The summed E-state index contributed by atoms with van der Waals surface area (Å²) in [4.78, 5) is 30.9. The first-order valence-electron chi connectivity index (χ1n) is 11.2. The third-order valence-corrected chi connectivity index (χ3v) is 6.28. The van der Waals surface area contributed by atoms with Gasteiger partial charge in [-0.2, -0.15) is 0 Å². The lowest BCUT2D eigenvalue weighted by Crippen LogP contribution is -2.03. The molecule has 3 aromatic carbocycles. The third kappa shape index (κ3) is 5.81. The van der Waals surface area contributed by atoms with Gasteiger partial charge in [0.1, 0.15) is 0 Å². The molecule has 0 aliphatic carbocycles. The summed E-state index contributed by atoms with van der Waals surface area (Å²) in [5.74, 6) is 0.255. The zero-order chi connectivity index (χ0) is 24.8. The van der Waals surface area contributed by atoms with E-state index in [1.807, 2.05) is 55.5 Å². The van der Waals surface area contributed by atoms with Crippen molar-refractivity contribution in [2.24, 2.45) is 5.16 Å². The molecule has 6 nitrogen and oxygen atoms in total. The highest BCUT2D eigenvalue weighted by atomic mass is 32.2. The lowest BCUT2D eigenvalue weighted by Gasteiger charge is -2.07. The van der Waals surface area contributed by atoms with Gasteiger partial charge < -0.3 is 14.0 Å². The van der Waals surface area contributed by atoms with Crippen LogP contribution in [-0.2, 0) is 9.63 Å². The summed E-state index contributed by atoms with van der Waals surface area (Å²) in [6.07, 6.45) is 1.61. The number of fused-ring (bicyclic) bond motifs is 1. The molecule has 0 amide bonds. The summed E-state index contributed by atoms with van der Waals surface area (Å²) in [6, 6.07) is 22.7. The smallest absolute Gasteiger partial charge is 0.331 e. The fourth-order valence-electron chi connectivity index (χ4n) is 3.58. The SMILES string of the molecule is CCC/C(=N/OC(C)=O)c1ccc(Sc2ccc(C(=O)c3cc4cccc(OC)c4o3)cc2)cc1. The van der Waals surface area contributed by atoms with Crippen molar-refractivity contribution in [2.75, 3.05) is 7.11 Å². The van der Waals surface area contributed by atoms with Crippen LogP contribution in [0.2, 0.25) is 0 Å². The highest BCUT2D eigenvalue weighted by Crippen LogP contribution is 2.31. The molecule has 0 aliphatic heterocycles. The highest BCUT2D eigenvalue weighted by molar-refractivity contribution is 7.99. The second kappa shape index (κ2) is 11.1. The Morgan fingerprint density at radius 2 is 1.60 bits per heavy atom. The van der Waals surface area contributed by atoms with Crippen LogP contribution < -0.4 is 4.74 Å². The Kier molecular flexibility index (Phi) is 7.67. The zero-order valence-electron chi connectivity index (χ0n) is 19.7. The Hall–Kier alpha value is -3.84. The number of carbonyl (C=O) groups excluding carboxylic acids is 2. The van der Waals surface area contributed by atoms with Crippen molar-refractivity contribution < 1.29 is 23.6 Å². The second-order valence-corrected chi connectivity index (χ2v) is 8.99. The predicted molar refractivity (Wildman–Crippen MR) is 136 cm³/mol. The summed E-state index contributed by atoms with van der Waals surface area (Å²) in [5, 5.41) is 4.81. The van der Waals surface area contributed by atoms with E-state index in [-0.39, 0.29) is 11.5 Å². The fraction of sp³-hybridized carbons (Fsp3) is 0.179. The number of hydrogen-bond donors (Lipinski definition) is 0. The van der Waals surface area contributed by atoms with Gasteiger partial charge >= 0.3 is 5.97 Å². The van der Waals surface area contributed by atoms with Crippen LogP contribution in [0, 0.1) is 0 Å². The molecule has 1 heterocycles. The number of carbonyl (C=O) groups is 2. The summed E-state index contributed by atoms with van der Waals surface area (Å²) in [5.41, 5.74) is 2.77.